The molecule has 9 heteroatoms. The van der Waals surface area contributed by atoms with E-state index < -0.39 is 0 Å². The lowest BCUT2D eigenvalue weighted by Gasteiger charge is -2.23. The normalized spacial score (nSPS) is 15.1. The molecule has 6 rings (SSSR count). The lowest BCUT2D eigenvalue weighted by Crippen LogP contribution is -2.15. The third-order valence-electron chi connectivity index (χ3n) is 7.61. The highest BCUT2D eigenvalue weighted by Crippen LogP contribution is 2.34. The first-order valence-electron chi connectivity index (χ1n) is 13.9. The molecule has 0 aromatic carbocycles. The molecule has 7 nitrogen and oxygen atoms in total. The van der Waals surface area contributed by atoms with Crippen molar-refractivity contribution in [1.29, 1.82) is 0 Å². The molecule has 0 aliphatic heterocycles. The van der Waals surface area contributed by atoms with Crippen LogP contribution in [0.3, 0.4) is 0 Å². The number of nitrogens with zero attached hydrogens (tertiary/aromatic N) is 4. The van der Waals surface area contributed by atoms with Gasteiger partial charge in [0.1, 0.15) is 16.9 Å². The van der Waals surface area contributed by atoms with Crippen LogP contribution in [-0.4, -0.2) is 30.1 Å². The Bertz CT molecular complexity index is 1800. The van der Waals surface area contributed by atoms with Gasteiger partial charge >= 0.3 is 0 Å². The van der Waals surface area contributed by atoms with Crippen LogP contribution < -0.4 is 5.32 Å². The van der Waals surface area contributed by atoms with Crippen molar-refractivity contribution in [2.45, 2.75) is 45.4 Å². The maximum Gasteiger partial charge on any atom is 0.181 e. The van der Waals surface area contributed by atoms with Gasteiger partial charge in [0, 0.05) is 29.4 Å². The fraction of sp³-hybridized carbons (Fsp3) is 0.250. The van der Waals surface area contributed by atoms with E-state index in [9.17, 15) is 4.39 Å². The smallest absolute Gasteiger partial charge is 0.181 e. The van der Waals surface area contributed by atoms with E-state index in [4.69, 9.17) is 4.98 Å². The number of aromatic amines is 2. The van der Waals surface area contributed by atoms with Crippen LogP contribution in [0.25, 0.3) is 49.7 Å². The molecular weight excluding hydrogens is 533 g/mol. The van der Waals surface area contributed by atoms with Crippen molar-refractivity contribution < 1.29 is 4.39 Å². The number of allylic oxidation sites excluding steroid dienone is 5. The maximum atomic E-state index is 13.7. The van der Waals surface area contributed by atoms with Crippen LogP contribution in [0.15, 0.2) is 79.4 Å². The minimum Gasteiger partial charge on any atom is -0.359 e. The molecule has 5 heterocycles. The second kappa shape index (κ2) is 11.6. The van der Waals surface area contributed by atoms with Gasteiger partial charge in [-0.15, -0.1) is 11.3 Å². The largest absolute Gasteiger partial charge is 0.359 e. The van der Waals surface area contributed by atoms with Crippen molar-refractivity contribution in [3.63, 3.8) is 0 Å². The minimum atomic E-state index is -0.259. The van der Waals surface area contributed by atoms with Crippen LogP contribution in [0.4, 0.5) is 4.39 Å². The van der Waals surface area contributed by atoms with E-state index in [1.54, 1.807) is 12.3 Å². The van der Waals surface area contributed by atoms with Crippen LogP contribution in [0.5, 0.6) is 0 Å². The zero-order valence-corrected chi connectivity index (χ0v) is 23.8. The highest BCUT2D eigenvalue weighted by Gasteiger charge is 2.18. The Kier molecular flexibility index (Phi) is 7.61. The predicted octanol–water partition coefficient (Wildman–Crippen LogP) is 8.31. The van der Waals surface area contributed by atoms with Crippen LogP contribution >= 0.6 is 11.3 Å². The van der Waals surface area contributed by atoms with Crippen LogP contribution in [0, 0.1) is 11.0 Å². The summed E-state index contributed by atoms with van der Waals surface area (Å²) in [5.41, 5.74) is 7.27. The Hall–Kier alpha value is -4.37. The molecule has 0 spiro atoms. The van der Waals surface area contributed by atoms with Gasteiger partial charge in [-0.05, 0) is 61.3 Å². The van der Waals surface area contributed by atoms with E-state index in [1.165, 1.54) is 38.2 Å². The Balaban J connectivity index is 1.29. The van der Waals surface area contributed by atoms with E-state index in [1.807, 2.05) is 25.3 Å². The van der Waals surface area contributed by atoms with Crippen molar-refractivity contribution >= 4 is 39.0 Å². The van der Waals surface area contributed by atoms with Crippen LogP contribution in [0.1, 0.15) is 51.0 Å². The molecule has 3 N–H and O–H groups in total. The molecule has 0 saturated heterocycles. The molecule has 5 aromatic heterocycles. The molecule has 0 bridgehead atoms. The molecule has 5 aromatic rings. The summed E-state index contributed by atoms with van der Waals surface area (Å²) in [5.74, 6) is 1.32. The molecule has 0 amide bonds. The predicted molar refractivity (Wildman–Crippen MR) is 165 cm³/mol. The maximum absolute atomic E-state index is 13.7. The molecule has 208 valence electrons. The number of fused-ring (bicyclic) bond motifs is 2. The first-order chi connectivity index (χ1) is 20.0. The Labute approximate surface area is 242 Å². The van der Waals surface area contributed by atoms with Gasteiger partial charge in [-0.1, -0.05) is 51.3 Å². The van der Waals surface area contributed by atoms with E-state index in [-0.39, 0.29) is 5.13 Å². The standard InChI is InChI=1S/C32H32FN7S/c1-4-21(16-23(5-2)36-19(3)15-20-9-7-6-8-10-20)22-17-24-28(39-40-31(24)35-18-22)32-37-25-13-14-34-30(29(25)38-32)26-11-12-27(33)41-26/h4-5,11-14,16-18,20,36H,2-3,6-10,15H2,1H3,(H,37,38)(H,35,39,40)/b21-4+,23-16+. The molecular formula is C32H32FN7S. The van der Waals surface area contributed by atoms with Gasteiger partial charge in [0.05, 0.1) is 15.8 Å². The van der Waals surface area contributed by atoms with Gasteiger partial charge in [-0.2, -0.15) is 9.49 Å². The molecule has 0 atom stereocenters. The molecule has 1 aliphatic rings. The number of halogens is 1. The number of aromatic nitrogens is 6. The number of imidazole rings is 1. The molecule has 1 aliphatic carbocycles. The number of H-pyrrole nitrogens is 2. The summed E-state index contributed by atoms with van der Waals surface area (Å²) in [4.78, 5) is 18.0. The van der Waals surface area contributed by atoms with Gasteiger partial charge in [0.25, 0.3) is 0 Å². The van der Waals surface area contributed by atoms with Crippen molar-refractivity contribution in [3.05, 3.63) is 90.1 Å². The van der Waals surface area contributed by atoms with Crippen molar-refractivity contribution in [1.82, 2.24) is 35.5 Å². The highest BCUT2D eigenvalue weighted by molar-refractivity contribution is 7.13. The average Bonchev–Trinajstić information content (AvgIpc) is 3.73. The van der Waals surface area contributed by atoms with E-state index in [0.717, 1.165) is 61.8 Å². The van der Waals surface area contributed by atoms with Gasteiger partial charge in [0.15, 0.2) is 16.6 Å². The lowest BCUT2D eigenvalue weighted by molar-refractivity contribution is 0.353. The van der Waals surface area contributed by atoms with Gasteiger partial charge < -0.3 is 10.3 Å². The highest BCUT2D eigenvalue weighted by atomic mass is 32.1. The number of hydrogen-bond acceptors (Lipinski definition) is 6. The molecule has 1 fully saturated rings. The molecule has 1 saturated carbocycles. The summed E-state index contributed by atoms with van der Waals surface area (Å²) >= 11 is 1.05. The van der Waals surface area contributed by atoms with E-state index in [0.29, 0.717) is 28.6 Å². The monoisotopic (exact) mass is 565 g/mol. The summed E-state index contributed by atoms with van der Waals surface area (Å²) in [5, 5.41) is 11.6. The Morgan fingerprint density at radius 2 is 2.05 bits per heavy atom. The summed E-state index contributed by atoms with van der Waals surface area (Å²) in [7, 11) is 0. The van der Waals surface area contributed by atoms with Gasteiger partial charge in [-0.3, -0.25) is 10.1 Å². The second-order valence-electron chi connectivity index (χ2n) is 10.4. The first-order valence-corrected chi connectivity index (χ1v) is 14.7. The zero-order valence-electron chi connectivity index (χ0n) is 23.0. The third kappa shape index (κ3) is 5.63. The SMILES string of the molecule is C=C/C(=C\C(=C/C)c1cnc2n[nH]c(-c3nc4c(-c5ccc(F)s5)nccc4[nH]3)c2c1)NC(=C)CC1CCCCC1. The van der Waals surface area contributed by atoms with Gasteiger partial charge in [-0.25, -0.2) is 9.97 Å². The van der Waals surface area contributed by atoms with Crippen LogP contribution in [-0.2, 0) is 0 Å². The fourth-order valence-corrected chi connectivity index (χ4v) is 6.28. The van der Waals surface area contributed by atoms with Crippen LogP contribution in [0.2, 0.25) is 0 Å². The summed E-state index contributed by atoms with van der Waals surface area (Å²) in [6.07, 6.45) is 17.0. The average molecular weight is 566 g/mol. The fourth-order valence-electron chi connectivity index (χ4n) is 5.56. The summed E-state index contributed by atoms with van der Waals surface area (Å²) in [6.45, 7) is 10.3. The number of pyridine rings is 2. The summed E-state index contributed by atoms with van der Waals surface area (Å²) < 4.78 is 13.7. The lowest BCUT2D eigenvalue weighted by atomic mass is 9.86. The first kappa shape index (κ1) is 26.8. The summed E-state index contributed by atoms with van der Waals surface area (Å²) in [6, 6.07) is 7.08. The van der Waals surface area contributed by atoms with Crippen molar-refractivity contribution in [2.75, 3.05) is 0 Å². The molecule has 0 unspecified atom stereocenters. The van der Waals surface area contributed by atoms with E-state index in [2.05, 4.69) is 61.8 Å². The number of rotatable bonds is 9. The second-order valence-corrected chi connectivity index (χ2v) is 11.5. The topological polar surface area (TPSA) is 95.2 Å². The zero-order chi connectivity index (χ0) is 28.3. The van der Waals surface area contributed by atoms with Gasteiger partial charge in [0.2, 0.25) is 0 Å². The quantitative estimate of drug-likeness (QED) is 0.156. The number of hydrogen-bond donors (Lipinski definition) is 3. The molecule has 41 heavy (non-hydrogen) atoms. The number of nitrogens with one attached hydrogen (secondary N) is 3. The van der Waals surface area contributed by atoms with E-state index >= 15 is 0 Å². The van der Waals surface area contributed by atoms with Crippen molar-refractivity contribution in [2.24, 2.45) is 5.92 Å². The Morgan fingerprint density at radius 1 is 1.20 bits per heavy atom. The Morgan fingerprint density at radius 3 is 2.80 bits per heavy atom. The number of thiophene rings is 1. The minimum absolute atomic E-state index is 0.259. The van der Waals surface area contributed by atoms with Crippen molar-refractivity contribution in [3.8, 4) is 22.1 Å². The third-order valence-corrected chi connectivity index (χ3v) is 8.49. The molecule has 0 radical (unpaired) electrons.